The summed E-state index contributed by atoms with van der Waals surface area (Å²) in [6.45, 7) is 1.90. The van der Waals surface area contributed by atoms with Crippen LogP contribution in [0.1, 0.15) is 11.4 Å². The first kappa shape index (κ1) is 19.5. The van der Waals surface area contributed by atoms with Gasteiger partial charge < -0.3 is 9.88 Å². The molecule has 0 saturated carbocycles. The van der Waals surface area contributed by atoms with Gasteiger partial charge in [-0.25, -0.2) is 13.4 Å². The summed E-state index contributed by atoms with van der Waals surface area (Å²) in [7, 11) is -1.84. The predicted octanol–water partition coefficient (Wildman–Crippen LogP) is 2.28. The Morgan fingerprint density at radius 1 is 1.26 bits per heavy atom. The van der Waals surface area contributed by atoms with Gasteiger partial charge in [-0.15, -0.1) is 21.5 Å². The van der Waals surface area contributed by atoms with Gasteiger partial charge in [0.25, 0.3) is 0 Å². The fourth-order valence-corrected chi connectivity index (χ4v) is 4.75. The highest BCUT2D eigenvalue weighted by atomic mass is 32.2. The second-order valence-corrected chi connectivity index (χ2v) is 9.53. The summed E-state index contributed by atoms with van der Waals surface area (Å²) in [4.78, 5) is 16.2. The number of amides is 1. The highest BCUT2D eigenvalue weighted by Gasteiger charge is 2.20. The Hall–Kier alpha value is -2.24. The van der Waals surface area contributed by atoms with E-state index in [9.17, 15) is 13.2 Å². The third-order valence-electron chi connectivity index (χ3n) is 3.64. The van der Waals surface area contributed by atoms with Crippen LogP contribution in [-0.2, 0) is 27.4 Å². The number of nitrogens with one attached hydrogen (secondary N) is 1. The molecule has 0 unspecified atom stereocenters. The monoisotopic (exact) mass is 423 g/mol. The number of aryl methyl sites for hydroxylation is 1. The summed E-state index contributed by atoms with van der Waals surface area (Å²) in [5.41, 5.74) is 0.988. The number of carbonyl (C=O) groups is 1. The quantitative estimate of drug-likeness (QED) is 0.581. The topological polar surface area (TPSA) is 107 Å². The van der Waals surface area contributed by atoms with Crippen LogP contribution in [0.15, 0.2) is 45.9 Å². The van der Waals surface area contributed by atoms with Crippen molar-refractivity contribution in [3.05, 3.63) is 47.2 Å². The number of hydrogen-bond donors (Lipinski definition) is 1. The van der Waals surface area contributed by atoms with E-state index in [-0.39, 0.29) is 22.3 Å². The summed E-state index contributed by atoms with van der Waals surface area (Å²) in [5, 5.41) is 13.4. The largest absolute Gasteiger partial charge is 0.308 e. The van der Waals surface area contributed by atoms with Gasteiger partial charge in [0.15, 0.2) is 20.1 Å². The molecule has 8 nitrogen and oxygen atoms in total. The average molecular weight is 424 g/mol. The van der Waals surface area contributed by atoms with E-state index in [1.165, 1.54) is 23.1 Å². The van der Waals surface area contributed by atoms with Crippen molar-refractivity contribution < 1.29 is 13.2 Å². The smallest absolute Gasteiger partial charge is 0.236 e. The van der Waals surface area contributed by atoms with E-state index >= 15 is 0 Å². The Morgan fingerprint density at radius 2 is 2.00 bits per heavy atom. The molecule has 1 amide bonds. The minimum Gasteiger partial charge on any atom is -0.308 e. The molecule has 0 radical (unpaired) electrons. The Bertz CT molecular complexity index is 1030. The van der Waals surface area contributed by atoms with Crippen LogP contribution >= 0.6 is 23.1 Å². The van der Waals surface area contributed by atoms with E-state index in [0.717, 1.165) is 5.56 Å². The molecule has 0 aliphatic heterocycles. The van der Waals surface area contributed by atoms with Crippen molar-refractivity contribution >= 4 is 44.0 Å². The van der Waals surface area contributed by atoms with Crippen LogP contribution in [0.25, 0.3) is 0 Å². The fourth-order valence-electron chi connectivity index (χ4n) is 2.17. The summed E-state index contributed by atoms with van der Waals surface area (Å²) in [5.74, 6) is -0.0352. The molecule has 3 aromatic rings. The molecule has 0 bridgehead atoms. The minimum atomic E-state index is -3.52. The lowest BCUT2D eigenvalue weighted by atomic mass is 10.2. The molecule has 2 aromatic heterocycles. The summed E-state index contributed by atoms with van der Waals surface area (Å²) in [6.07, 6.45) is 1.61. The lowest BCUT2D eigenvalue weighted by molar-refractivity contribution is -0.113. The number of carbonyl (C=O) groups excluding carboxylic acids is 1. The maximum atomic E-state index is 12.6. The van der Waals surface area contributed by atoms with Gasteiger partial charge in [-0.2, -0.15) is 0 Å². The highest BCUT2D eigenvalue weighted by Crippen LogP contribution is 2.20. The molecular weight excluding hydrogens is 406 g/mol. The van der Waals surface area contributed by atoms with Gasteiger partial charge in [0.2, 0.25) is 5.91 Å². The van der Waals surface area contributed by atoms with Crippen molar-refractivity contribution in [1.82, 2.24) is 19.7 Å². The Kier molecular flexibility index (Phi) is 5.92. The van der Waals surface area contributed by atoms with E-state index in [1.807, 2.05) is 6.92 Å². The van der Waals surface area contributed by atoms with E-state index < -0.39 is 9.84 Å². The SMILES string of the molecule is Cc1ccc(S(=O)(=O)Cc2nnc(SCC(=O)Nc3nccs3)n2C)cc1. The van der Waals surface area contributed by atoms with E-state index in [1.54, 1.807) is 47.5 Å². The highest BCUT2D eigenvalue weighted by molar-refractivity contribution is 7.99. The molecule has 2 heterocycles. The van der Waals surface area contributed by atoms with Crippen molar-refractivity contribution in [2.45, 2.75) is 22.7 Å². The van der Waals surface area contributed by atoms with Gasteiger partial charge in [-0.05, 0) is 19.1 Å². The van der Waals surface area contributed by atoms with Crippen LogP contribution in [0.3, 0.4) is 0 Å². The molecule has 1 N–H and O–H groups in total. The second kappa shape index (κ2) is 8.19. The Morgan fingerprint density at radius 3 is 2.67 bits per heavy atom. The maximum absolute atomic E-state index is 12.6. The first-order valence-corrected chi connectivity index (χ1v) is 11.4. The molecule has 0 saturated heterocycles. The third-order valence-corrected chi connectivity index (χ3v) is 6.97. The first-order chi connectivity index (χ1) is 12.8. The van der Waals surface area contributed by atoms with Crippen molar-refractivity contribution in [1.29, 1.82) is 0 Å². The molecule has 27 heavy (non-hydrogen) atoms. The van der Waals surface area contributed by atoms with Crippen LogP contribution in [0, 0.1) is 6.92 Å². The molecular formula is C16H17N5O3S3. The van der Waals surface area contributed by atoms with E-state index in [0.29, 0.717) is 16.1 Å². The minimum absolute atomic E-state index is 0.121. The van der Waals surface area contributed by atoms with Gasteiger partial charge in [0, 0.05) is 18.6 Å². The molecule has 0 fully saturated rings. The molecule has 3 rings (SSSR count). The number of sulfone groups is 1. The van der Waals surface area contributed by atoms with Crippen molar-refractivity contribution in [2.75, 3.05) is 11.1 Å². The van der Waals surface area contributed by atoms with Crippen LogP contribution in [0.2, 0.25) is 0 Å². The Labute approximate surface area is 165 Å². The second-order valence-electron chi connectivity index (χ2n) is 5.70. The first-order valence-electron chi connectivity index (χ1n) is 7.85. The molecule has 0 aliphatic carbocycles. The maximum Gasteiger partial charge on any atom is 0.236 e. The lowest BCUT2D eigenvalue weighted by Gasteiger charge is -2.06. The van der Waals surface area contributed by atoms with Gasteiger partial charge in [-0.3, -0.25) is 4.79 Å². The van der Waals surface area contributed by atoms with Gasteiger partial charge in [0.1, 0.15) is 11.6 Å². The number of rotatable bonds is 7. The van der Waals surface area contributed by atoms with Crippen molar-refractivity contribution in [3.63, 3.8) is 0 Å². The van der Waals surface area contributed by atoms with E-state index in [2.05, 4.69) is 20.5 Å². The molecule has 142 valence electrons. The predicted molar refractivity (Wildman–Crippen MR) is 105 cm³/mol. The number of nitrogens with zero attached hydrogens (tertiary/aromatic N) is 4. The van der Waals surface area contributed by atoms with Crippen LogP contribution < -0.4 is 5.32 Å². The lowest BCUT2D eigenvalue weighted by Crippen LogP contribution is -2.14. The summed E-state index contributed by atoms with van der Waals surface area (Å²) >= 11 is 2.51. The number of thioether (sulfide) groups is 1. The molecule has 0 spiro atoms. The zero-order valence-electron chi connectivity index (χ0n) is 14.6. The number of hydrogen-bond acceptors (Lipinski definition) is 8. The third kappa shape index (κ3) is 4.93. The zero-order chi connectivity index (χ0) is 19.4. The molecule has 11 heteroatoms. The molecule has 1 aromatic carbocycles. The van der Waals surface area contributed by atoms with Gasteiger partial charge in [0.05, 0.1) is 10.6 Å². The number of anilines is 1. The summed E-state index contributed by atoms with van der Waals surface area (Å²) < 4.78 is 26.7. The van der Waals surface area contributed by atoms with Gasteiger partial charge in [-0.1, -0.05) is 29.5 Å². The van der Waals surface area contributed by atoms with Crippen LogP contribution in [0.4, 0.5) is 5.13 Å². The molecule has 0 atom stereocenters. The molecule has 0 aliphatic rings. The average Bonchev–Trinajstić information content (AvgIpc) is 3.24. The summed E-state index contributed by atoms with van der Waals surface area (Å²) in [6, 6.07) is 6.68. The number of thiazole rings is 1. The standard InChI is InChI=1S/C16H17N5O3S3/c1-11-3-5-12(6-4-11)27(23,24)10-13-19-20-16(21(13)2)26-9-14(22)18-15-17-7-8-25-15/h3-8H,9-10H2,1-2H3,(H,17,18,22). The van der Waals surface area contributed by atoms with E-state index in [4.69, 9.17) is 0 Å². The zero-order valence-corrected chi connectivity index (χ0v) is 17.1. The van der Waals surface area contributed by atoms with Crippen molar-refractivity contribution in [3.8, 4) is 0 Å². The fraction of sp³-hybridized carbons (Fsp3) is 0.250. The Balaban J connectivity index is 1.64. The normalized spacial score (nSPS) is 11.5. The number of benzene rings is 1. The number of aromatic nitrogens is 4. The van der Waals surface area contributed by atoms with Crippen LogP contribution in [-0.4, -0.2) is 39.8 Å². The van der Waals surface area contributed by atoms with Crippen molar-refractivity contribution in [2.24, 2.45) is 7.05 Å². The van der Waals surface area contributed by atoms with Crippen LogP contribution in [0.5, 0.6) is 0 Å². The van der Waals surface area contributed by atoms with Gasteiger partial charge >= 0.3 is 0 Å².